The van der Waals surface area contributed by atoms with Crippen molar-refractivity contribution in [2.45, 2.75) is 6.42 Å². The Morgan fingerprint density at radius 3 is 2.85 bits per heavy atom. The van der Waals surface area contributed by atoms with Crippen LogP contribution in [0.5, 0.6) is 0 Å². The zero-order valence-electron chi connectivity index (χ0n) is 7.22. The van der Waals surface area contributed by atoms with Crippen molar-refractivity contribution in [3.63, 3.8) is 0 Å². The van der Waals surface area contributed by atoms with E-state index in [9.17, 15) is 4.39 Å². The van der Waals surface area contributed by atoms with E-state index in [1.807, 2.05) is 0 Å². The Labute approximate surface area is 81.2 Å². The molecule has 70 valence electrons. The second-order valence-corrected chi connectivity index (χ2v) is 3.03. The van der Waals surface area contributed by atoms with Gasteiger partial charge >= 0.3 is 0 Å². The first-order chi connectivity index (χ1) is 6.13. The third-order valence-corrected chi connectivity index (χ3v) is 2.03. The maximum absolute atomic E-state index is 12.6. The minimum absolute atomic E-state index is 0.347. The largest absolute Gasteiger partial charge is 0.387 e. The molecule has 0 unspecified atom stereocenters. The molecule has 13 heavy (non-hydrogen) atoms. The van der Waals surface area contributed by atoms with Crippen LogP contribution in [0.1, 0.15) is 5.56 Å². The van der Waals surface area contributed by atoms with Gasteiger partial charge in [0.2, 0.25) is 0 Å². The van der Waals surface area contributed by atoms with Crippen molar-refractivity contribution < 1.29 is 4.39 Å². The molecule has 1 aromatic rings. The van der Waals surface area contributed by atoms with E-state index in [1.165, 1.54) is 12.1 Å². The zero-order chi connectivity index (χ0) is 9.84. The van der Waals surface area contributed by atoms with Crippen LogP contribution in [0.4, 0.5) is 4.39 Å². The van der Waals surface area contributed by atoms with Crippen LogP contribution in [0.3, 0.4) is 0 Å². The van der Waals surface area contributed by atoms with E-state index in [0.29, 0.717) is 17.3 Å². The number of nitrogens with two attached hydrogens (primary N) is 1. The minimum Gasteiger partial charge on any atom is -0.387 e. The van der Waals surface area contributed by atoms with Crippen LogP contribution in [0.25, 0.3) is 0 Å². The van der Waals surface area contributed by atoms with E-state index < -0.39 is 0 Å². The van der Waals surface area contributed by atoms with Crippen LogP contribution in [0.15, 0.2) is 23.2 Å². The highest BCUT2D eigenvalue weighted by Gasteiger charge is 2.03. The molecule has 1 rings (SSSR count). The van der Waals surface area contributed by atoms with Crippen molar-refractivity contribution in [2.24, 2.45) is 10.7 Å². The van der Waals surface area contributed by atoms with Gasteiger partial charge in [-0.05, 0) is 17.7 Å². The molecule has 0 saturated heterocycles. The van der Waals surface area contributed by atoms with Gasteiger partial charge in [-0.3, -0.25) is 4.99 Å². The zero-order valence-corrected chi connectivity index (χ0v) is 7.98. The van der Waals surface area contributed by atoms with Crippen molar-refractivity contribution in [3.8, 4) is 0 Å². The summed E-state index contributed by atoms with van der Waals surface area (Å²) < 4.78 is 12.6. The Balaban J connectivity index is 2.90. The van der Waals surface area contributed by atoms with E-state index in [4.69, 9.17) is 17.3 Å². The molecule has 0 amide bonds. The lowest BCUT2D eigenvalue weighted by Gasteiger charge is -2.02. The molecule has 0 aliphatic carbocycles. The topological polar surface area (TPSA) is 38.4 Å². The summed E-state index contributed by atoms with van der Waals surface area (Å²) in [6, 6.07) is 4.22. The molecule has 0 fully saturated rings. The second-order valence-electron chi connectivity index (χ2n) is 2.63. The van der Waals surface area contributed by atoms with Crippen molar-refractivity contribution >= 4 is 17.4 Å². The number of nitrogens with zero attached hydrogens (tertiary/aromatic N) is 1. The fourth-order valence-electron chi connectivity index (χ4n) is 0.939. The van der Waals surface area contributed by atoms with Gasteiger partial charge in [0, 0.05) is 18.5 Å². The summed E-state index contributed by atoms with van der Waals surface area (Å²) in [7, 11) is 1.60. The number of halogens is 2. The SMILES string of the molecule is CN=C(N)Cc1ccc(F)cc1Cl. The standard InChI is InChI=1S/C9H10ClFN2/c1-13-9(12)4-6-2-3-7(11)5-8(6)10/h2-3,5H,4H2,1H3,(H2,12,13). The van der Waals surface area contributed by atoms with Gasteiger partial charge in [-0.15, -0.1) is 0 Å². The molecule has 0 atom stereocenters. The molecule has 2 nitrogen and oxygen atoms in total. The van der Waals surface area contributed by atoms with Crippen LogP contribution >= 0.6 is 11.6 Å². The van der Waals surface area contributed by atoms with Gasteiger partial charge in [-0.2, -0.15) is 0 Å². The van der Waals surface area contributed by atoms with E-state index >= 15 is 0 Å². The summed E-state index contributed by atoms with van der Waals surface area (Å²) in [5, 5.41) is 0.381. The molecule has 0 aliphatic rings. The second kappa shape index (κ2) is 4.23. The average Bonchev–Trinajstić information content (AvgIpc) is 2.09. The van der Waals surface area contributed by atoms with Crippen molar-refractivity contribution in [2.75, 3.05) is 7.05 Å². The molecule has 0 aliphatic heterocycles. The van der Waals surface area contributed by atoms with E-state index in [0.717, 1.165) is 5.56 Å². The third-order valence-electron chi connectivity index (χ3n) is 1.67. The predicted octanol–water partition coefficient (Wildman–Crippen LogP) is 2.01. The van der Waals surface area contributed by atoms with Crippen molar-refractivity contribution in [1.82, 2.24) is 0 Å². The molecule has 0 heterocycles. The number of amidine groups is 1. The van der Waals surface area contributed by atoms with Crippen LogP contribution in [0, 0.1) is 5.82 Å². The van der Waals surface area contributed by atoms with Crippen molar-refractivity contribution in [1.29, 1.82) is 0 Å². The van der Waals surface area contributed by atoms with E-state index in [-0.39, 0.29) is 5.82 Å². The lowest BCUT2D eigenvalue weighted by Crippen LogP contribution is -2.14. The molecular formula is C9H10ClFN2. The summed E-state index contributed by atoms with van der Waals surface area (Å²) in [5.41, 5.74) is 6.29. The summed E-state index contributed by atoms with van der Waals surface area (Å²) in [6.45, 7) is 0. The number of hydrogen-bond acceptors (Lipinski definition) is 1. The molecular weight excluding hydrogens is 191 g/mol. The lowest BCUT2D eigenvalue weighted by molar-refractivity contribution is 0.627. The van der Waals surface area contributed by atoms with E-state index in [1.54, 1.807) is 13.1 Å². The van der Waals surface area contributed by atoms with E-state index in [2.05, 4.69) is 4.99 Å². The molecule has 0 saturated carbocycles. The maximum atomic E-state index is 12.6. The van der Waals surface area contributed by atoms with Crippen LogP contribution in [-0.2, 0) is 6.42 Å². The monoisotopic (exact) mass is 200 g/mol. The molecule has 0 bridgehead atoms. The Morgan fingerprint density at radius 2 is 2.31 bits per heavy atom. The van der Waals surface area contributed by atoms with Gasteiger partial charge in [0.1, 0.15) is 5.82 Å². The number of hydrogen-bond donors (Lipinski definition) is 1. The summed E-state index contributed by atoms with van der Waals surface area (Å²) in [5.74, 6) is 0.134. The van der Waals surface area contributed by atoms with Gasteiger partial charge in [-0.1, -0.05) is 17.7 Å². The fourth-order valence-corrected chi connectivity index (χ4v) is 1.17. The smallest absolute Gasteiger partial charge is 0.124 e. The molecule has 0 radical (unpaired) electrons. The van der Waals surface area contributed by atoms with Crippen LogP contribution in [-0.4, -0.2) is 12.9 Å². The quantitative estimate of drug-likeness (QED) is 0.576. The van der Waals surface area contributed by atoms with Gasteiger partial charge in [0.25, 0.3) is 0 Å². The first-order valence-electron chi connectivity index (χ1n) is 3.78. The maximum Gasteiger partial charge on any atom is 0.124 e. The van der Waals surface area contributed by atoms with Gasteiger partial charge in [0.05, 0.1) is 5.84 Å². The van der Waals surface area contributed by atoms with Crippen LogP contribution < -0.4 is 5.73 Å². The Morgan fingerprint density at radius 1 is 1.62 bits per heavy atom. The highest BCUT2D eigenvalue weighted by molar-refractivity contribution is 6.31. The summed E-state index contributed by atoms with van der Waals surface area (Å²) in [4.78, 5) is 3.79. The van der Waals surface area contributed by atoms with Crippen LogP contribution in [0.2, 0.25) is 5.02 Å². The molecule has 1 aromatic carbocycles. The third kappa shape index (κ3) is 2.70. The lowest BCUT2D eigenvalue weighted by atomic mass is 10.1. The predicted molar refractivity (Wildman–Crippen MR) is 52.7 cm³/mol. The summed E-state index contributed by atoms with van der Waals surface area (Å²) in [6.07, 6.45) is 0.454. The highest BCUT2D eigenvalue weighted by atomic mass is 35.5. The number of aliphatic imine (C=N–C) groups is 1. The Hall–Kier alpha value is -1.09. The van der Waals surface area contributed by atoms with Gasteiger partial charge in [-0.25, -0.2) is 4.39 Å². The Kier molecular flexibility index (Phi) is 3.25. The van der Waals surface area contributed by atoms with Gasteiger partial charge < -0.3 is 5.73 Å². The fraction of sp³-hybridized carbons (Fsp3) is 0.222. The molecule has 4 heteroatoms. The Bertz CT molecular complexity index is 336. The normalized spacial score (nSPS) is 11.8. The van der Waals surface area contributed by atoms with Crippen molar-refractivity contribution in [3.05, 3.63) is 34.6 Å². The number of benzene rings is 1. The van der Waals surface area contributed by atoms with Gasteiger partial charge in [0.15, 0.2) is 0 Å². The summed E-state index contributed by atoms with van der Waals surface area (Å²) >= 11 is 5.78. The first-order valence-corrected chi connectivity index (χ1v) is 4.16. The molecule has 2 N–H and O–H groups in total. The first kappa shape index (κ1) is 9.99. The number of rotatable bonds is 2. The highest BCUT2D eigenvalue weighted by Crippen LogP contribution is 2.17. The average molecular weight is 201 g/mol. The molecule has 0 aromatic heterocycles. The minimum atomic E-state index is -0.347. The molecule has 0 spiro atoms.